The Morgan fingerprint density at radius 2 is 1.67 bits per heavy atom. The number of sulfone groups is 1. The van der Waals surface area contributed by atoms with Crippen LogP contribution < -0.4 is 10.1 Å². The highest BCUT2D eigenvalue weighted by atomic mass is 32.2. The predicted octanol–water partition coefficient (Wildman–Crippen LogP) is 2.60. The molecular formula is C23H30N2O4S. The number of benzene rings is 2. The fourth-order valence-electron chi connectivity index (χ4n) is 3.58. The molecule has 1 unspecified atom stereocenters. The maximum Gasteiger partial charge on any atom is 0.241 e. The van der Waals surface area contributed by atoms with Crippen molar-refractivity contribution in [3.8, 4) is 5.75 Å². The van der Waals surface area contributed by atoms with Crippen molar-refractivity contribution in [3.05, 3.63) is 65.7 Å². The summed E-state index contributed by atoms with van der Waals surface area (Å²) < 4.78 is 29.3. The van der Waals surface area contributed by atoms with Crippen molar-refractivity contribution >= 4 is 15.7 Å². The number of hydrogen-bond donors (Lipinski definition) is 1. The fraction of sp³-hybridized carbons (Fsp3) is 0.435. The van der Waals surface area contributed by atoms with E-state index in [1.807, 2.05) is 73.3 Å². The third kappa shape index (κ3) is 6.31. The first-order valence-corrected chi connectivity index (χ1v) is 12.2. The molecule has 1 N–H and O–H groups in total. The summed E-state index contributed by atoms with van der Waals surface area (Å²) in [6.07, 6.45) is 0.846. The van der Waals surface area contributed by atoms with Crippen LogP contribution in [0.4, 0.5) is 0 Å². The number of nitrogens with one attached hydrogen (secondary N) is 1. The molecule has 1 aliphatic rings. The molecule has 162 valence electrons. The van der Waals surface area contributed by atoms with Crippen LogP contribution in [0, 0.1) is 0 Å². The number of hydrogen-bond acceptors (Lipinski definition) is 5. The smallest absolute Gasteiger partial charge is 0.241 e. The number of nitrogens with zero attached hydrogens (tertiary/aromatic N) is 1. The summed E-state index contributed by atoms with van der Waals surface area (Å²) in [6.45, 7) is 5.23. The van der Waals surface area contributed by atoms with E-state index >= 15 is 0 Å². The summed E-state index contributed by atoms with van der Waals surface area (Å²) in [7, 11) is -3.00. The molecule has 0 aliphatic carbocycles. The fourth-order valence-corrected chi connectivity index (χ4v) is 4.81. The Balaban J connectivity index is 1.61. The van der Waals surface area contributed by atoms with Crippen LogP contribution in [-0.4, -0.2) is 56.5 Å². The molecule has 2 aromatic rings. The van der Waals surface area contributed by atoms with Gasteiger partial charge in [-0.25, -0.2) is 8.42 Å². The van der Waals surface area contributed by atoms with E-state index in [0.717, 1.165) is 16.9 Å². The number of ether oxygens (including phenoxy) is 1. The summed E-state index contributed by atoms with van der Waals surface area (Å²) >= 11 is 0. The van der Waals surface area contributed by atoms with E-state index in [1.165, 1.54) is 0 Å². The minimum Gasteiger partial charge on any atom is -0.491 e. The zero-order valence-electron chi connectivity index (χ0n) is 17.6. The van der Waals surface area contributed by atoms with Crippen LogP contribution in [0.2, 0.25) is 0 Å². The molecule has 1 aliphatic heterocycles. The second kappa shape index (κ2) is 10.1. The van der Waals surface area contributed by atoms with Gasteiger partial charge in [-0.05, 0) is 43.5 Å². The first kappa shape index (κ1) is 22.3. The van der Waals surface area contributed by atoms with E-state index in [4.69, 9.17) is 4.74 Å². The first-order valence-electron chi connectivity index (χ1n) is 10.4. The van der Waals surface area contributed by atoms with Gasteiger partial charge in [-0.15, -0.1) is 0 Å². The molecule has 0 bridgehead atoms. The summed E-state index contributed by atoms with van der Waals surface area (Å²) in [4.78, 5) is 15.0. The van der Waals surface area contributed by atoms with Crippen LogP contribution in [0.3, 0.4) is 0 Å². The normalized spacial score (nSPS) is 17.4. The molecule has 0 spiro atoms. The van der Waals surface area contributed by atoms with Crippen LogP contribution in [-0.2, 0) is 21.1 Å². The van der Waals surface area contributed by atoms with Crippen molar-refractivity contribution in [2.24, 2.45) is 0 Å². The third-order valence-corrected chi connectivity index (χ3v) is 6.73. The molecule has 1 fully saturated rings. The van der Waals surface area contributed by atoms with Crippen LogP contribution in [0.5, 0.6) is 5.75 Å². The van der Waals surface area contributed by atoms with Crippen molar-refractivity contribution in [3.63, 3.8) is 0 Å². The van der Waals surface area contributed by atoms with Gasteiger partial charge >= 0.3 is 0 Å². The Hall–Kier alpha value is -2.38. The maximum absolute atomic E-state index is 13.0. The molecule has 6 nitrogen and oxygen atoms in total. The van der Waals surface area contributed by atoms with Crippen LogP contribution >= 0.6 is 0 Å². The van der Waals surface area contributed by atoms with E-state index < -0.39 is 15.9 Å². The molecule has 1 heterocycles. The van der Waals surface area contributed by atoms with Crippen LogP contribution in [0.25, 0.3) is 0 Å². The Labute approximate surface area is 179 Å². The Morgan fingerprint density at radius 3 is 2.27 bits per heavy atom. The Bertz CT molecular complexity index is 913. The maximum atomic E-state index is 13.0. The number of amides is 1. The highest BCUT2D eigenvalue weighted by Crippen LogP contribution is 2.23. The lowest BCUT2D eigenvalue weighted by Crippen LogP contribution is -2.47. The van der Waals surface area contributed by atoms with E-state index in [9.17, 15) is 13.2 Å². The molecule has 1 saturated heterocycles. The zero-order chi connectivity index (χ0) is 21.6. The molecular weight excluding hydrogens is 400 g/mol. The lowest BCUT2D eigenvalue weighted by atomic mass is 10.0. The molecule has 0 radical (unpaired) electrons. The highest BCUT2D eigenvalue weighted by molar-refractivity contribution is 7.91. The van der Waals surface area contributed by atoms with E-state index in [1.54, 1.807) is 0 Å². The molecule has 0 saturated carbocycles. The van der Waals surface area contributed by atoms with Gasteiger partial charge in [0.1, 0.15) is 11.8 Å². The average Bonchev–Trinajstić information content (AvgIpc) is 2.71. The number of carbonyl (C=O) groups excluding carboxylic acids is 1. The minimum atomic E-state index is -3.00. The number of rotatable bonds is 8. The largest absolute Gasteiger partial charge is 0.491 e. The Morgan fingerprint density at radius 1 is 1.03 bits per heavy atom. The van der Waals surface area contributed by atoms with E-state index in [-0.39, 0.29) is 23.5 Å². The standard InChI is InChI=1S/C23H30N2O4S/c1-18(2)29-21-10-8-19(9-11-21)12-13-24-23(26)22(20-6-4-3-5-7-20)25-14-16-30(27,28)17-15-25/h3-11,18,22H,12-17H2,1-2H3,(H,24,26). The van der Waals surface area contributed by atoms with E-state index in [0.29, 0.717) is 26.1 Å². The van der Waals surface area contributed by atoms with Gasteiger partial charge in [0.05, 0.1) is 17.6 Å². The number of carbonyl (C=O) groups is 1. The SMILES string of the molecule is CC(C)Oc1ccc(CCNC(=O)C(c2ccccc2)N2CCS(=O)(=O)CC2)cc1. The van der Waals surface area contributed by atoms with Crippen molar-refractivity contribution in [2.45, 2.75) is 32.4 Å². The minimum absolute atomic E-state index is 0.0917. The second-order valence-electron chi connectivity index (χ2n) is 7.85. The summed E-state index contributed by atoms with van der Waals surface area (Å²) in [5.41, 5.74) is 2.00. The van der Waals surface area contributed by atoms with Gasteiger partial charge < -0.3 is 10.1 Å². The Kier molecular flexibility index (Phi) is 7.50. The van der Waals surface area contributed by atoms with Gasteiger partial charge in [-0.3, -0.25) is 9.69 Å². The quantitative estimate of drug-likeness (QED) is 0.697. The summed E-state index contributed by atoms with van der Waals surface area (Å²) in [5.74, 6) is 0.922. The molecule has 7 heteroatoms. The summed E-state index contributed by atoms with van der Waals surface area (Å²) in [6, 6.07) is 17.0. The third-order valence-electron chi connectivity index (χ3n) is 5.12. The van der Waals surface area contributed by atoms with Gasteiger partial charge in [-0.2, -0.15) is 0 Å². The lowest BCUT2D eigenvalue weighted by molar-refractivity contribution is -0.126. The molecule has 2 aromatic carbocycles. The van der Waals surface area contributed by atoms with Crippen molar-refractivity contribution in [1.29, 1.82) is 0 Å². The average molecular weight is 431 g/mol. The second-order valence-corrected chi connectivity index (χ2v) is 10.2. The van der Waals surface area contributed by atoms with Crippen molar-refractivity contribution < 1.29 is 17.9 Å². The van der Waals surface area contributed by atoms with Gasteiger partial charge in [0, 0.05) is 19.6 Å². The monoisotopic (exact) mass is 430 g/mol. The van der Waals surface area contributed by atoms with Crippen LogP contribution in [0.15, 0.2) is 54.6 Å². The van der Waals surface area contributed by atoms with Crippen LogP contribution in [0.1, 0.15) is 31.0 Å². The van der Waals surface area contributed by atoms with Gasteiger partial charge in [0.2, 0.25) is 5.91 Å². The molecule has 0 aromatic heterocycles. The molecule has 1 atom stereocenters. The topological polar surface area (TPSA) is 75.7 Å². The van der Waals surface area contributed by atoms with Gasteiger partial charge in [-0.1, -0.05) is 42.5 Å². The summed E-state index contributed by atoms with van der Waals surface area (Å²) in [5, 5.41) is 3.03. The van der Waals surface area contributed by atoms with Gasteiger partial charge in [0.15, 0.2) is 9.84 Å². The molecule has 30 heavy (non-hydrogen) atoms. The predicted molar refractivity (Wildman–Crippen MR) is 118 cm³/mol. The van der Waals surface area contributed by atoms with E-state index in [2.05, 4.69) is 5.32 Å². The molecule has 3 rings (SSSR count). The van der Waals surface area contributed by atoms with Gasteiger partial charge in [0.25, 0.3) is 0 Å². The zero-order valence-corrected chi connectivity index (χ0v) is 18.4. The first-order chi connectivity index (χ1) is 14.3. The van der Waals surface area contributed by atoms with Crippen molar-refractivity contribution in [2.75, 3.05) is 31.1 Å². The van der Waals surface area contributed by atoms with Crippen molar-refractivity contribution in [1.82, 2.24) is 10.2 Å². The molecule has 1 amide bonds. The highest BCUT2D eigenvalue weighted by Gasteiger charge is 2.32. The lowest BCUT2D eigenvalue weighted by Gasteiger charge is -2.33.